The third kappa shape index (κ3) is 2.39. The molecule has 0 aliphatic rings. The average molecular weight is 197 g/mol. The molecule has 72 valence electrons. The standard InChI is InChI=1S/C10H15NOS/c1-10(2,7-11-3)9(12)8-5-4-6-13-8/h4-6,11H,7H2,1-3H3. The van der Waals surface area contributed by atoms with Gasteiger partial charge in [0.05, 0.1) is 4.88 Å². The molecule has 3 heteroatoms. The van der Waals surface area contributed by atoms with Crippen LogP contribution < -0.4 is 5.32 Å². The molecule has 0 aliphatic carbocycles. The Morgan fingerprint density at radius 1 is 1.62 bits per heavy atom. The lowest BCUT2D eigenvalue weighted by Crippen LogP contribution is -2.34. The van der Waals surface area contributed by atoms with Crippen molar-refractivity contribution in [3.8, 4) is 0 Å². The van der Waals surface area contributed by atoms with Crippen molar-refractivity contribution in [2.75, 3.05) is 13.6 Å². The number of hydrogen-bond donors (Lipinski definition) is 1. The van der Waals surface area contributed by atoms with Crippen LogP contribution in [-0.2, 0) is 0 Å². The minimum Gasteiger partial charge on any atom is -0.319 e. The van der Waals surface area contributed by atoms with Crippen molar-refractivity contribution in [1.82, 2.24) is 5.32 Å². The largest absolute Gasteiger partial charge is 0.319 e. The Kier molecular flexibility index (Phi) is 3.22. The smallest absolute Gasteiger partial charge is 0.179 e. The van der Waals surface area contributed by atoms with Gasteiger partial charge in [0.15, 0.2) is 5.78 Å². The summed E-state index contributed by atoms with van der Waals surface area (Å²) in [5.41, 5.74) is -0.306. The molecular formula is C10H15NOS. The third-order valence-electron chi connectivity index (χ3n) is 1.98. The van der Waals surface area contributed by atoms with Crippen LogP contribution in [-0.4, -0.2) is 19.4 Å². The number of thiophene rings is 1. The summed E-state index contributed by atoms with van der Waals surface area (Å²) in [5.74, 6) is 0.219. The first kappa shape index (κ1) is 10.4. The minimum absolute atomic E-state index is 0.219. The number of carbonyl (C=O) groups excluding carboxylic acids is 1. The number of hydrogen-bond acceptors (Lipinski definition) is 3. The lowest BCUT2D eigenvalue weighted by Gasteiger charge is -2.21. The van der Waals surface area contributed by atoms with Gasteiger partial charge in [-0.15, -0.1) is 11.3 Å². The van der Waals surface area contributed by atoms with E-state index in [0.29, 0.717) is 6.54 Å². The molecular weight excluding hydrogens is 182 g/mol. The van der Waals surface area contributed by atoms with Crippen molar-refractivity contribution in [1.29, 1.82) is 0 Å². The lowest BCUT2D eigenvalue weighted by molar-refractivity contribution is 0.0843. The van der Waals surface area contributed by atoms with E-state index in [1.165, 1.54) is 11.3 Å². The van der Waals surface area contributed by atoms with E-state index in [-0.39, 0.29) is 11.2 Å². The van der Waals surface area contributed by atoms with Crippen LogP contribution in [0.15, 0.2) is 17.5 Å². The summed E-state index contributed by atoms with van der Waals surface area (Å²) < 4.78 is 0. The molecule has 1 N–H and O–H groups in total. The fourth-order valence-electron chi connectivity index (χ4n) is 1.26. The number of ketones is 1. The van der Waals surface area contributed by atoms with Gasteiger partial charge in [-0.3, -0.25) is 4.79 Å². The van der Waals surface area contributed by atoms with Crippen molar-refractivity contribution in [2.45, 2.75) is 13.8 Å². The molecule has 13 heavy (non-hydrogen) atoms. The van der Waals surface area contributed by atoms with Crippen LogP contribution in [0.4, 0.5) is 0 Å². The predicted molar refractivity (Wildman–Crippen MR) is 56.4 cm³/mol. The predicted octanol–water partition coefficient (Wildman–Crippen LogP) is 2.18. The van der Waals surface area contributed by atoms with Gasteiger partial charge in [0.2, 0.25) is 0 Å². The molecule has 0 fully saturated rings. The number of rotatable bonds is 4. The Morgan fingerprint density at radius 3 is 2.77 bits per heavy atom. The number of Topliss-reactive ketones (excluding diaryl/α,β-unsaturated/α-hetero) is 1. The molecule has 0 amide bonds. The second-order valence-corrected chi connectivity index (χ2v) is 4.67. The highest BCUT2D eigenvalue weighted by atomic mass is 32.1. The molecule has 0 bridgehead atoms. The highest BCUT2D eigenvalue weighted by Crippen LogP contribution is 2.23. The SMILES string of the molecule is CNCC(C)(C)C(=O)c1cccs1. The summed E-state index contributed by atoms with van der Waals surface area (Å²) in [5, 5.41) is 4.97. The van der Waals surface area contributed by atoms with Gasteiger partial charge >= 0.3 is 0 Å². The second-order valence-electron chi connectivity index (χ2n) is 3.72. The van der Waals surface area contributed by atoms with Gasteiger partial charge in [0.1, 0.15) is 0 Å². The zero-order valence-electron chi connectivity index (χ0n) is 8.26. The zero-order valence-corrected chi connectivity index (χ0v) is 9.07. The third-order valence-corrected chi connectivity index (χ3v) is 2.85. The summed E-state index contributed by atoms with van der Waals surface area (Å²) >= 11 is 1.51. The number of nitrogens with one attached hydrogen (secondary N) is 1. The van der Waals surface area contributed by atoms with E-state index in [4.69, 9.17) is 0 Å². The first-order chi connectivity index (χ1) is 6.08. The highest BCUT2D eigenvalue weighted by molar-refractivity contribution is 7.12. The Bertz CT molecular complexity index is 277. The topological polar surface area (TPSA) is 29.1 Å². The van der Waals surface area contributed by atoms with Crippen LogP contribution in [0.3, 0.4) is 0 Å². The second kappa shape index (κ2) is 4.03. The molecule has 0 atom stereocenters. The normalized spacial score (nSPS) is 11.6. The molecule has 1 heterocycles. The Hall–Kier alpha value is -0.670. The van der Waals surface area contributed by atoms with Gasteiger partial charge in [0.25, 0.3) is 0 Å². The van der Waals surface area contributed by atoms with Crippen LogP contribution in [0.1, 0.15) is 23.5 Å². The molecule has 1 rings (SSSR count). The Balaban J connectivity index is 2.78. The molecule has 0 aromatic carbocycles. The summed E-state index contributed by atoms with van der Waals surface area (Å²) in [6.45, 7) is 4.64. The van der Waals surface area contributed by atoms with Gasteiger partial charge in [-0.2, -0.15) is 0 Å². The summed E-state index contributed by atoms with van der Waals surface area (Å²) in [7, 11) is 1.86. The van der Waals surface area contributed by atoms with Crippen molar-refractivity contribution in [3.63, 3.8) is 0 Å². The molecule has 1 aromatic heterocycles. The van der Waals surface area contributed by atoms with E-state index in [0.717, 1.165) is 4.88 Å². The maximum absolute atomic E-state index is 11.9. The fraction of sp³-hybridized carbons (Fsp3) is 0.500. The quantitative estimate of drug-likeness (QED) is 0.750. The van der Waals surface area contributed by atoms with E-state index >= 15 is 0 Å². The number of carbonyl (C=O) groups is 1. The average Bonchev–Trinajstić information content (AvgIpc) is 2.54. The molecule has 0 spiro atoms. The van der Waals surface area contributed by atoms with Crippen molar-refractivity contribution in [3.05, 3.63) is 22.4 Å². The van der Waals surface area contributed by atoms with Crippen LogP contribution in [0, 0.1) is 5.41 Å². The highest BCUT2D eigenvalue weighted by Gasteiger charge is 2.28. The molecule has 2 nitrogen and oxygen atoms in total. The van der Waals surface area contributed by atoms with E-state index in [1.807, 2.05) is 38.4 Å². The molecule has 0 aliphatic heterocycles. The Morgan fingerprint density at radius 2 is 2.31 bits per heavy atom. The van der Waals surface area contributed by atoms with E-state index < -0.39 is 0 Å². The minimum atomic E-state index is -0.306. The molecule has 1 aromatic rings. The van der Waals surface area contributed by atoms with Gasteiger partial charge in [0, 0.05) is 12.0 Å². The van der Waals surface area contributed by atoms with Gasteiger partial charge < -0.3 is 5.32 Å². The van der Waals surface area contributed by atoms with Crippen LogP contribution in [0.5, 0.6) is 0 Å². The van der Waals surface area contributed by atoms with Crippen LogP contribution in [0.2, 0.25) is 0 Å². The van der Waals surface area contributed by atoms with Gasteiger partial charge in [-0.05, 0) is 18.5 Å². The molecule has 0 saturated heterocycles. The van der Waals surface area contributed by atoms with Gasteiger partial charge in [-0.1, -0.05) is 19.9 Å². The zero-order chi connectivity index (χ0) is 9.90. The van der Waals surface area contributed by atoms with Crippen LogP contribution in [0.25, 0.3) is 0 Å². The summed E-state index contributed by atoms with van der Waals surface area (Å²) in [4.78, 5) is 12.7. The van der Waals surface area contributed by atoms with Crippen LogP contribution >= 0.6 is 11.3 Å². The first-order valence-electron chi connectivity index (χ1n) is 4.31. The van der Waals surface area contributed by atoms with E-state index in [2.05, 4.69) is 5.32 Å². The van der Waals surface area contributed by atoms with Crippen molar-refractivity contribution < 1.29 is 4.79 Å². The van der Waals surface area contributed by atoms with Crippen molar-refractivity contribution >= 4 is 17.1 Å². The maximum atomic E-state index is 11.9. The fourth-order valence-corrected chi connectivity index (χ4v) is 2.11. The monoisotopic (exact) mass is 197 g/mol. The van der Waals surface area contributed by atoms with E-state index in [1.54, 1.807) is 0 Å². The maximum Gasteiger partial charge on any atom is 0.179 e. The summed E-state index contributed by atoms with van der Waals surface area (Å²) in [6.07, 6.45) is 0. The molecule has 0 unspecified atom stereocenters. The lowest BCUT2D eigenvalue weighted by atomic mass is 9.87. The molecule has 0 saturated carbocycles. The summed E-state index contributed by atoms with van der Waals surface area (Å²) in [6, 6.07) is 3.79. The van der Waals surface area contributed by atoms with E-state index in [9.17, 15) is 4.79 Å². The molecule has 0 radical (unpaired) electrons. The van der Waals surface area contributed by atoms with Crippen molar-refractivity contribution in [2.24, 2.45) is 5.41 Å². The first-order valence-corrected chi connectivity index (χ1v) is 5.19. The van der Waals surface area contributed by atoms with Gasteiger partial charge in [-0.25, -0.2) is 0 Å². The Labute approximate surface area is 83.0 Å².